The van der Waals surface area contributed by atoms with Crippen molar-refractivity contribution in [3.8, 4) is 0 Å². The Kier molecular flexibility index (Phi) is 3.87. The molecule has 114 valence electrons. The van der Waals surface area contributed by atoms with Crippen LogP contribution in [0.15, 0.2) is 18.2 Å². The minimum absolute atomic E-state index is 0.384. The van der Waals surface area contributed by atoms with Crippen LogP contribution in [-0.2, 0) is 6.54 Å². The summed E-state index contributed by atoms with van der Waals surface area (Å²) in [7, 11) is 0. The summed E-state index contributed by atoms with van der Waals surface area (Å²) in [6.45, 7) is 5.61. The van der Waals surface area contributed by atoms with Crippen molar-refractivity contribution in [2.75, 3.05) is 5.73 Å². The maximum Gasteiger partial charge on any atom is 0.201 e. The molecule has 0 aliphatic heterocycles. The highest BCUT2D eigenvalue weighted by atomic mass is 35.5. The first-order valence-corrected chi connectivity index (χ1v) is 8.28. The lowest BCUT2D eigenvalue weighted by Crippen LogP contribution is -2.26. The van der Waals surface area contributed by atoms with Gasteiger partial charge in [0, 0.05) is 11.6 Å². The van der Waals surface area contributed by atoms with E-state index in [1.807, 2.05) is 18.2 Å². The van der Waals surface area contributed by atoms with Crippen LogP contribution in [0.4, 0.5) is 5.95 Å². The van der Waals surface area contributed by atoms with Crippen LogP contribution in [0.3, 0.4) is 0 Å². The first-order valence-electron chi connectivity index (χ1n) is 7.90. The van der Waals surface area contributed by atoms with Crippen molar-refractivity contribution < 1.29 is 0 Å². The largest absolute Gasteiger partial charge is 0.369 e. The van der Waals surface area contributed by atoms with Crippen LogP contribution >= 0.6 is 11.6 Å². The van der Waals surface area contributed by atoms with E-state index in [1.165, 1.54) is 32.1 Å². The minimum Gasteiger partial charge on any atom is -0.369 e. The number of hydrogen-bond donors (Lipinski definition) is 1. The number of nitrogens with two attached hydrogens (primary N) is 1. The fourth-order valence-electron chi connectivity index (χ4n) is 4.04. The van der Waals surface area contributed by atoms with Gasteiger partial charge in [0.15, 0.2) is 0 Å². The molecule has 3 nitrogen and oxygen atoms in total. The van der Waals surface area contributed by atoms with Crippen LogP contribution in [0.2, 0.25) is 5.02 Å². The summed E-state index contributed by atoms with van der Waals surface area (Å²) in [5.74, 6) is 1.33. The van der Waals surface area contributed by atoms with Gasteiger partial charge in [0.25, 0.3) is 0 Å². The van der Waals surface area contributed by atoms with Gasteiger partial charge in [0.2, 0.25) is 5.95 Å². The second-order valence-corrected chi connectivity index (χ2v) is 7.43. The molecule has 0 saturated heterocycles. The quantitative estimate of drug-likeness (QED) is 0.875. The van der Waals surface area contributed by atoms with Crippen molar-refractivity contribution in [2.45, 2.75) is 52.5 Å². The molecular weight excluding hydrogens is 282 g/mol. The highest BCUT2D eigenvalue weighted by molar-refractivity contribution is 6.31. The number of nitrogen functional groups attached to an aromatic ring is 1. The summed E-state index contributed by atoms with van der Waals surface area (Å²) in [5.41, 5.74) is 8.57. The highest BCUT2D eigenvalue weighted by Crippen LogP contribution is 2.45. The molecule has 1 fully saturated rings. The maximum absolute atomic E-state index is 6.18. The van der Waals surface area contributed by atoms with Crippen LogP contribution in [0, 0.1) is 11.3 Å². The van der Waals surface area contributed by atoms with Gasteiger partial charge < -0.3 is 10.3 Å². The number of anilines is 1. The molecule has 0 atom stereocenters. The van der Waals surface area contributed by atoms with Crippen molar-refractivity contribution in [1.82, 2.24) is 9.55 Å². The summed E-state index contributed by atoms with van der Waals surface area (Å²) >= 11 is 6.06. The fraction of sp³-hybridized carbons (Fsp3) is 0.588. The number of nitrogens with zero attached hydrogens (tertiary/aromatic N) is 2. The van der Waals surface area contributed by atoms with Gasteiger partial charge >= 0.3 is 0 Å². The Hall–Kier alpha value is -1.22. The zero-order chi connectivity index (χ0) is 15.0. The molecule has 0 spiro atoms. The lowest BCUT2D eigenvalue weighted by molar-refractivity contribution is 0.200. The van der Waals surface area contributed by atoms with Gasteiger partial charge in [-0.2, -0.15) is 0 Å². The maximum atomic E-state index is 6.18. The van der Waals surface area contributed by atoms with Gasteiger partial charge in [-0.3, -0.25) is 0 Å². The third kappa shape index (κ3) is 2.89. The molecule has 2 N–H and O–H groups in total. The monoisotopic (exact) mass is 305 g/mol. The average Bonchev–Trinajstić information content (AvgIpc) is 2.95. The van der Waals surface area contributed by atoms with Crippen LogP contribution in [0.5, 0.6) is 0 Å². The van der Waals surface area contributed by atoms with Gasteiger partial charge in [0.1, 0.15) is 0 Å². The molecule has 1 saturated carbocycles. The van der Waals surface area contributed by atoms with Crippen LogP contribution in [0.25, 0.3) is 11.0 Å². The zero-order valence-electron chi connectivity index (χ0n) is 12.9. The van der Waals surface area contributed by atoms with Gasteiger partial charge in [-0.1, -0.05) is 38.3 Å². The molecule has 1 heterocycles. The third-order valence-electron chi connectivity index (χ3n) is 4.74. The fourth-order valence-corrected chi connectivity index (χ4v) is 4.21. The van der Waals surface area contributed by atoms with Crippen LogP contribution < -0.4 is 5.73 Å². The standard InChI is InChI=1S/C17H24ClN3/c1-12(2)10-17(7-3-4-8-17)11-21-15-6-5-13(18)9-14(15)20-16(21)19/h5-6,9,12H,3-4,7-8,10-11H2,1-2H3,(H2,19,20). The lowest BCUT2D eigenvalue weighted by Gasteiger charge is -2.32. The predicted octanol–water partition coefficient (Wildman–Crippen LogP) is 4.88. The van der Waals surface area contributed by atoms with Gasteiger partial charge in [-0.25, -0.2) is 4.98 Å². The summed E-state index contributed by atoms with van der Waals surface area (Å²) in [6.07, 6.45) is 6.55. The van der Waals surface area contributed by atoms with Gasteiger partial charge in [-0.15, -0.1) is 0 Å². The Balaban J connectivity index is 1.98. The second kappa shape index (κ2) is 5.53. The molecule has 4 heteroatoms. The number of fused-ring (bicyclic) bond motifs is 1. The number of aromatic nitrogens is 2. The van der Waals surface area contributed by atoms with E-state index in [2.05, 4.69) is 23.4 Å². The lowest BCUT2D eigenvalue weighted by atomic mass is 9.78. The van der Waals surface area contributed by atoms with E-state index in [-0.39, 0.29) is 0 Å². The molecule has 0 bridgehead atoms. The summed E-state index contributed by atoms with van der Waals surface area (Å²) in [6, 6.07) is 5.86. The number of hydrogen-bond acceptors (Lipinski definition) is 2. The number of rotatable bonds is 4. The normalized spacial score (nSPS) is 17.9. The molecule has 1 aromatic heterocycles. The first kappa shape index (κ1) is 14.7. The van der Waals surface area contributed by atoms with Crippen LogP contribution in [-0.4, -0.2) is 9.55 Å². The third-order valence-corrected chi connectivity index (χ3v) is 4.97. The SMILES string of the molecule is CC(C)CC1(Cn2c(N)nc3cc(Cl)ccc32)CCCC1. The Bertz CT molecular complexity index is 639. The van der Waals surface area contributed by atoms with Crippen molar-refractivity contribution in [1.29, 1.82) is 0 Å². The molecule has 0 amide bonds. The summed E-state index contributed by atoms with van der Waals surface area (Å²) in [4.78, 5) is 4.48. The van der Waals surface area contributed by atoms with Crippen LogP contribution in [0.1, 0.15) is 46.0 Å². The van der Waals surface area contributed by atoms with Gasteiger partial charge in [-0.05, 0) is 48.8 Å². The Morgan fingerprint density at radius 1 is 1.33 bits per heavy atom. The Morgan fingerprint density at radius 3 is 2.71 bits per heavy atom. The van der Waals surface area contributed by atoms with Crippen molar-refractivity contribution in [3.63, 3.8) is 0 Å². The Labute approximate surface area is 131 Å². The summed E-state index contributed by atoms with van der Waals surface area (Å²) < 4.78 is 2.19. The van der Waals surface area contributed by atoms with E-state index in [4.69, 9.17) is 17.3 Å². The van der Waals surface area contributed by atoms with E-state index in [0.717, 1.165) is 17.6 Å². The molecule has 3 rings (SSSR count). The number of benzene rings is 1. The van der Waals surface area contributed by atoms with E-state index < -0.39 is 0 Å². The van der Waals surface area contributed by atoms with Gasteiger partial charge in [0.05, 0.1) is 11.0 Å². The summed E-state index contributed by atoms with van der Waals surface area (Å²) in [5, 5.41) is 0.713. The zero-order valence-corrected chi connectivity index (χ0v) is 13.7. The molecular formula is C17H24ClN3. The Morgan fingerprint density at radius 2 is 2.05 bits per heavy atom. The smallest absolute Gasteiger partial charge is 0.201 e. The molecule has 1 aliphatic rings. The second-order valence-electron chi connectivity index (χ2n) is 6.99. The molecule has 1 aromatic carbocycles. The molecule has 2 aromatic rings. The highest BCUT2D eigenvalue weighted by Gasteiger charge is 2.35. The van der Waals surface area contributed by atoms with Crippen molar-refractivity contribution >= 4 is 28.6 Å². The minimum atomic E-state index is 0.384. The predicted molar refractivity (Wildman–Crippen MR) is 89.5 cm³/mol. The molecule has 0 radical (unpaired) electrons. The van der Waals surface area contributed by atoms with E-state index in [0.29, 0.717) is 22.3 Å². The number of imidazole rings is 1. The number of halogens is 1. The van der Waals surface area contributed by atoms with E-state index >= 15 is 0 Å². The van der Waals surface area contributed by atoms with Crippen molar-refractivity contribution in [2.24, 2.45) is 11.3 Å². The first-order chi connectivity index (χ1) is 9.99. The molecule has 21 heavy (non-hydrogen) atoms. The van der Waals surface area contributed by atoms with Crippen molar-refractivity contribution in [3.05, 3.63) is 23.2 Å². The average molecular weight is 306 g/mol. The van der Waals surface area contributed by atoms with E-state index in [1.54, 1.807) is 0 Å². The topological polar surface area (TPSA) is 43.8 Å². The van der Waals surface area contributed by atoms with E-state index in [9.17, 15) is 0 Å². The molecule has 0 unspecified atom stereocenters. The molecule has 1 aliphatic carbocycles.